The van der Waals surface area contributed by atoms with Crippen LogP contribution in [0.5, 0.6) is 0 Å². The molecule has 1 amide bonds. The summed E-state index contributed by atoms with van der Waals surface area (Å²) in [4.78, 5) is 21.8. The van der Waals surface area contributed by atoms with Crippen LogP contribution in [0.25, 0.3) is 0 Å². The maximum atomic E-state index is 11.8. The number of nitrogens with one attached hydrogen (secondary N) is 1. The van der Waals surface area contributed by atoms with Gasteiger partial charge in [-0.05, 0) is 19.3 Å². The molecule has 0 aliphatic carbocycles. The van der Waals surface area contributed by atoms with Crippen molar-refractivity contribution >= 4 is 12.2 Å². The quantitative estimate of drug-likeness (QED) is 0.231. The normalized spacial score (nSPS) is 10.8. The summed E-state index contributed by atoms with van der Waals surface area (Å²) >= 11 is 0. The zero-order valence-electron chi connectivity index (χ0n) is 17.5. The predicted molar refractivity (Wildman–Crippen MR) is 112 cm³/mol. The van der Waals surface area contributed by atoms with Crippen LogP contribution >= 0.6 is 0 Å². The lowest BCUT2D eigenvalue weighted by Gasteiger charge is -2.06. The minimum absolute atomic E-state index is 0.236. The molecule has 0 spiro atoms. The van der Waals surface area contributed by atoms with Gasteiger partial charge in [0.1, 0.15) is 0 Å². The molecular formula is C23H44NO2. The summed E-state index contributed by atoms with van der Waals surface area (Å²) in [5, 5.41) is 3.06. The molecule has 1 radical (unpaired) electrons. The molecule has 3 nitrogen and oxygen atoms in total. The van der Waals surface area contributed by atoms with Gasteiger partial charge in [0.05, 0.1) is 0 Å². The summed E-state index contributed by atoms with van der Waals surface area (Å²) in [6, 6.07) is 0. The van der Waals surface area contributed by atoms with E-state index in [-0.39, 0.29) is 5.91 Å². The molecule has 0 aromatic rings. The Kier molecular flexibility index (Phi) is 21.4. The van der Waals surface area contributed by atoms with Crippen molar-refractivity contribution in [3.8, 4) is 0 Å². The highest BCUT2D eigenvalue weighted by atomic mass is 16.1. The molecule has 0 rings (SSSR count). The highest BCUT2D eigenvalue weighted by Crippen LogP contribution is 2.11. The van der Waals surface area contributed by atoms with Crippen LogP contribution in [0.4, 0.5) is 0 Å². The maximum Gasteiger partial charge on any atom is 0.219 e. The third kappa shape index (κ3) is 21.2. The lowest BCUT2D eigenvalue weighted by molar-refractivity contribution is -0.121. The molecule has 0 aliphatic rings. The van der Waals surface area contributed by atoms with Crippen molar-refractivity contribution < 1.29 is 9.59 Å². The summed E-state index contributed by atoms with van der Waals surface area (Å²) in [6.07, 6.45) is 24.4. The SMILES string of the molecule is CCCCCCCCCCCC(=O)NCCCCCCCCCC[C]=O. The molecule has 0 saturated carbocycles. The largest absolute Gasteiger partial charge is 0.356 e. The van der Waals surface area contributed by atoms with Crippen LogP contribution in [0.3, 0.4) is 0 Å². The van der Waals surface area contributed by atoms with Crippen LogP contribution in [-0.2, 0) is 9.59 Å². The standard InChI is InChI=1S/C23H44NO2/c1-2-3-4-5-6-8-11-14-17-20-23(26)24-21-18-15-12-9-7-10-13-16-19-22-25/h2-21H2,1H3,(H,24,26). The number of amides is 1. The molecule has 26 heavy (non-hydrogen) atoms. The van der Waals surface area contributed by atoms with Crippen LogP contribution in [0, 0.1) is 0 Å². The molecular weight excluding hydrogens is 322 g/mol. The fourth-order valence-electron chi connectivity index (χ4n) is 3.30. The molecule has 0 bridgehead atoms. The molecule has 0 atom stereocenters. The maximum absolute atomic E-state index is 11.8. The van der Waals surface area contributed by atoms with E-state index in [4.69, 9.17) is 0 Å². The molecule has 3 heteroatoms. The monoisotopic (exact) mass is 366 g/mol. The summed E-state index contributed by atoms with van der Waals surface area (Å²) in [7, 11) is 0. The van der Waals surface area contributed by atoms with E-state index >= 15 is 0 Å². The fraction of sp³-hybridized carbons (Fsp3) is 0.913. The number of hydrogen-bond acceptors (Lipinski definition) is 2. The van der Waals surface area contributed by atoms with E-state index in [1.54, 1.807) is 0 Å². The Morgan fingerprint density at radius 3 is 1.65 bits per heavy atom. The van der Waals surface area contributed by atoms with Crippen LogP contribution in [-0.4, -0.2) is 18.7 Å². The van der Waals surface area contributed by atoms with Gasteiger partial charge >= 0.3 is 0 Å². The fourth-order valence-corrected chi connectivity index (χ4v) is 3.30. The van der Waals surface area contributed by atoms with Gasteiger partial charge in [-0.15, -0.1) is 0 Å². The Hall–Kier alpha value is -0.860. The average Bonchev–Trinajstić information content (AvgIpc) is 2.64. The molecule has 0 fully saturated rings. The van der Waals surface area contributed by atoms with Gasteiger partial charge in [0, 0.05) is 19.4 Å². The average molecular weight is 367 g/mol. The molecule has 0 saturated heterocycles. The summed E-state index contributed by atoms with van der Waals surface area (Å²) < 4.78 is 0. The number of unbranched alkanes of at least 4 members (excludes halogenated alkanes) is 16. The van der Waals surface area contributed by atoms with E-state index < -0.39 is 0 Å². The van der Waals surface area contributed by atoms with E-state index in [0.717, 1.165) is 32.2 Å². The molecule has 0 aromatic carbocycles. The molecule has 0 aromatic heterocycles. The molecule has 1 N–H and O–H groups in total. The minimum Gasteiger partial charge on any atom is -0.356 e. The third-order valence-electron chi connectivity index (χ3n) is 5.04. The second-order valence-electron chi connectivity index (χ2n) is 7.65. The molecule has 153 valence electrons. The Morgan fingerprint density at radius 2 is 1.12 bits per heavy atom. The van der Waals surface area contributed by atoms with Crippen molar-refractivity contribution in [2.24, 2.45) is 0 Å². The zero-order chi connectivity index (χ0) is 19.1. The van der Waals surface area contributed by atoms with Crippen molar-refractivity contribution in [2.45, 2.75) is 129 Å². The molecule has 0 unspecified atom stereocenters. The van der Waals surface area contributed by atoms with E-state index in [9.17, 15) is 9.59 Å². The first-order chi connectivity index (χ1) is 12.8. The number of carbonyl (C=O) groups excluding carboxylic acids is 2. The first-order valence-electron chi connectivity index (χ1n) is 11.4. The van der Waals surface area contributed by atoms with Crippen molar-refractivity contribution in [1.29, 1.82) is 0 Å². The zero-order valence-corrected chi connectivity index (χ0v) is 17.5. The van der Waals surface area contributed by atoms with Crippen molar-refractivity contribution in [2.75, 3.05) is 6.54 Å². The first-order valence-corrected chi connectivity index (χ1v) is 11.4. The van der Waals surface area contributed by atoms with Gasteiger partial charge in [-0.2, -0.15) is 0 Å². The predicted octanol–water partition coefficient (Wildman–Crippen LogP) is 6.64. The lowest BCUT2D eigenvalue weighted by atomic mass is 10.1. The molecule has 0 aliphatic heterocycles. The topological polar surface area (TPSA) is 46.2 Å². The van der Waals surface area contributed by atoms with Gasteiger partial charge in [-0.25, -0.2) is 0 Å². The number of rotatable bonds is 21. The summed E-state index contributed by atoms with van der Waals surface area (Å²) in [5.74, 6) is 0.236. The van der Waals surface area contributed by atoms with Crippen LogP contribution in [0.1, 0.15) is 129 Å². The second kappa shape index (κ2) is 22.2. The molecule has 0 heterocycles. The second-order valence-corrected chi connectivity index (χ2v) is 7.65. The van der Waals surface area contributed by atoms with Gasteiger partial charge in [0.25, 0.3) is 0 Å². The van der Waals surface area contributed by atoms with Gasteiger partial charge < -0.3 is 5.32 Å². The minimum atomic E-state index is 0.236. The summed E-state index contributed by atoms with van der Waals surface area (Å²) in [5.41, 5.74) is 0. The van der Waals surface area contributed by atoms with Crippen LogP contribution in [0.15, 0.2) is 0 Å². The van der Waals surface area contributed by atoms with Crippen LogP contribution < -0.4 is 5.32 Å². The lowest BCUT2D eigenvalue weighted by Crippen LogP contribution is -2.23. The summed E-state index contributed by atoms with van der Waals surface area (Å²) in [6.45, 7) is 3.09. The highest BCUT2D eigenvalue weighted by molar-refractivity contribution is 5.75. The van der Waals surface area contributed by atoms with Crippen LogP contribution in [0.2, 0.25) is 0 Å². The van der Waals surface area contributed by atoms with Gasteiger partial charge in [0.15, 0.2) is 6.29 Å². The van der Waals surface area contributed by atoms with E-state index in [1.807, 2.05) is 6.29 Å². The van der Waals surface area contributed by atoms with Gasteiger partial charge in [-0.1, -0.05) is 96.8 Å². The Labute approximate surface area is 163 Å². The number of carbonyl (C=O) groups is 1. The van der Waals surface area contributed by atoms with E-state index in [2.05, 4.69) is 12.2 Å². The highest BCUT2D eigenvalue weighted by Gasteiger charge is 2.00. The first kappa shape index (κ1) is 25.1. The van der Waals surface area contributed by atoms with Crippen molar-refractivity contribution in [3.63, 3.8) is 0 Å². The Bertz CT molecular complexity index is 305. The van der Waals surface area contributed by atoms with E-state index in [1.165, 1.54) is 83.5 Å². The smallest absolute Gasteiger partial charge is 0.219 e. The van der Waals surface area contributed by atoms with E-state index in [0.29, 0.717) is 12.8 Å². The third-order valence-corrected chi connectivity index (χ3v) is 5.04. The Morgan fingerprint density at radius 1 is 0.654 bits per heavy atom. The van der Waals surface area contributed by atoms with Gasteiger partial charge in [-0.3, -0.25) is 9.59 Å². The van der Waals surface area contributed by atoms with Gasteiger partial charge in [0.2, 0.25) is 5.91 Å². The number of hydrogen-bond donors (Lipinski definition) is 1. The van der Waals surface area contributed by atoms with Crippen molar-refractivity contribution in [3.05, 3.63) is 0 Å². The van der Waals surface area contributed by atoms with Crippen molar-refractivity contribution in [1.82, 2.24) is 5.32 Å². The Balaban J connectivity index is 3.14.